The molecule has 0 aliphatic heterocycles. The van der Waals surface area contributed by atoms with Gasteiger partial charge in [-0.3, -0.25) is 0 Å². The predicted octanol–water partition coefficient (Wildman–Crippen LogP) is 3.21. The third kappa shape index (κ3) is 3.98. The molecular weight excluding hydrogens is 318 g/mol. The Morgan fingerprint density at radius 1 is 1.12 bits per heavy atom. The van der Waals surface area contributed by atoms with Gasteiger partial charge in [0.25, 0.3) is 0 Å². The number of carbonyl (C=O) groups is 1. The van der Waals surface area contributed by atoms with Crippen molar-refractivity contribution in [2.24, 2.45) is 0 Å². The van der Waals surface area contributed by atoms with Gasteiger partial charge < -0.3 is 15.2 Å². The Bertz CT molecular complexity index is 859. The predicted molar refractivity (Wildman–Crippen MR) is 94.7 cm³/mol. The molecule has 6 heteroatoms. The molecule has 0 atom stereocenters. The molecule has 1 heterocycles. The number of nitrogen functional groups attached to an aromatic ring is 1. The summed E-state index contributed by atoms with van der Waals surface area (Å²) in [4.78, 5) is 11.8. The first kappa shape index (κ1) is 16.6. The molecule has 1 aromatic heterocycles. The van der Waals surface area contributed by atoms with Gasteiger partial charge in [0.15, 0.2) is 5.69 Å². The van der Waals surface area contributed by atoms with E-state index in [2.05, 4.69) is 5.10 Å². The van der Waals surface area contributed by atoms with Crippen LogP contribution < -0.4 is 10.5 Å². The lowest BCUT2D eigenvalue weighted by Gasteiger charge is -2.09. The van der Waals surface area contributed by atoms with Gasteiger partial charge in [-0.15, -0.1) is 0 Å². The maximum Gasteiger partial charge on any atom is 0.358 e. The molecule has 0 aliphatic rings. The smallest absolute Gasteiger partial charge is 0.358 e. The van der Waals surface area contributed by atoms with E-state index in [1.165, 1.54) is 10.7 Å². The summed E-state index contributed by atoms with van der Waals surface area (Å²) in [5, 5.41) is 4.22. The fourth-order valence-electron chi connectivity index (χ4n) is 2.35. The van der Waals surface area contributed by atoms with Crippen molar-refractivity contribution in [3.05, 3.63) is 71.9 Å². The average Bonchev–Trinajstić information content (AvgIpc) is 3.03. The van der Waals surface area contributed by atoms with Crippen molar-refractivity contribution in [1.29, 1.82) is 0 Å². The Balaban J connectivity index is 1.78. The molecule has 6 nitrogen and oxygen atoms in total. The molecule has 2 aromatic carbocycles. The van der Waals surface area contributed by atoms with Crippen LogP contribution in [0, 0.1) is 0 Å². The molecular formula is C19H19N3O3. The van der Waals surface area contributed by atoms with Crippen LogP contribution >= 0.6 is 0 Å². The Kier molecular flexibility index (Phi) is 4.99. The molecule has 0 bridgehead atoms. The second-order valence-corrected chi connectivity index (χ2v) is 5.36. The number of nitrogens with two attached hydrogens (primary N) is 1. The summed E-state index contributed by atoms with van der Waals surface area (Å²) in [7, 11) is 0. The molecule has 0 amide bonds. The fourth-order valence-corrected chi connectivity index (χ4v) is 2.35. The van der Waals surface area contributed by atoms with Gasteiger partial charge in [-0.25, -0.2) is 9.48 Å². The Labute approximate surface area is 145 Å². The number of nitrogens with zero attached hydrogens (tertiary/aromatic N) is 2. The SMILES string of the molecule is CCOC(=O)c1cc(N)n(-c2cccc(OCc3ccccc3)c2)n1. The van der Waals surface area contributed by atoms with Crippen molar-refractivity contribution in [1.82, 2.24) is 9.78 Å². The van der Waals surface area contributed by atoms with Crippen LogP contribution in [0.5, 0.6) is 5.75 Å². The molecule has 128 valence electrons. The molecule has 25 heavy (non-hydrogen) atoms. The first-order valence-corrected chi connectivity index (χ1v) is 7.97. The molecule has 0 aliphatic carbocycles. The van der Waals surface area contributed by atoms with E-state index in [-0.39, 0.29) is 12.3 Å². The van der Waals surface area contributed by atoms with E-state index in [9.17, 15) is 4.79 Å². The summed E-state index contributed by atoms with van der Waals surface area (Å²) in [6, 6.07) is 18.8. The summed E-state index contributed by atoms with van der Waals surface area (Å²) >= 11 is 0. The minimum Gasteiger partial charge on any atom is -0.489 e. The van der Waals surface area contributed by atoms with Gasteiger partial charge >= 0.3 is 5.97 Å². The number of aromatic nitrogens is 2. The molecule has 0 radical (unpaired) electrons. The first-order chi connectivity index (χ1) is 12.2. The van der Waals surface area contributed by atoms with Gasteiger partial charge in [-0.1, -0.05) is 36.4 Å². The summed E-state index contributed by atoms with van der Waals surface area (Å²) in [6.45, 7) is 2.49. The molecule has 2 N–H and O–H groups in total. The van der Waals surface area contributed by atoms with E-state index in [0.29, 0.717) is 23.9 Å². The van der Waals surface area contributed by atoms with Crippen LogP contribution in [-0.4, -0.2) is 22.4 Å². The Morgan fingerprint density at radius 3 is 2.68 bits per heavy atom. The maximum atomic E-state index is 11.8. The second kappa shape index (κ2) is 7.53. The summed E-state index contributed by atoms with van der Waals surface area (Å²) in [5.41, 5.74) is 7.94. The maximum absolute atomic E-state index is 11.8. The standard InChI is InChI=1S/C19H19N3O3/c1-2-24-19(23)17-12-18(20)22(21-17)15-9-6-10-16(11-15)25-13-14-7-4-3-5-8-14/h3-12H,2,13,20H2,1H3. The molecule has 0 saturated carbocycles. The van der Waals surface area contributed by atoms with Gasteiger partial charge in [0, 0.05) is 12.1 Å². The highest BCUT2D eigenvalue weighted by molar-refractivity contribution is 5.88. The van der Waals surface area contributed by atoms with Crippen molar-refractivity contribution in [3.63, 3.8) is 0 Å². The largest absolute Gasteiger partial charge is 0.489 e. The van der Waals surface area contributed by atoms with Gasteiger partial charge in [-0.2, -0.15) is 5.10 Å². The molecule has 3 rings (SSSR count). The zero-order valence-electron chi connectivity index (χ0n) is 13.9. The number of hydrogen-bond donors (Lipinski definition) is 1. The van der Waals surface area contributed by atoms with Gasteiger partial charge in [0.05, 0.1) is 12.3 Å². The van der Waals surface area contributed by atoms with Crippen molar-refractivity contribution in [3.8, 4) is 11.4 Å². The zero-order chi connectivity index (χ0) is 17.6. The lowest BCUT2D eigenvalue weighted by atomic mass is 10.2. The van der Waals surface area contributed by atoms with Gasteiger partial charge in [0.2, 0.25) is 0 Å². The van der Waals surface area contributed by atoms with Crippen LogP contribution in [0.25, 0.3) is 5.69 Å². The zero-order valence-corrected chi connectivity index (χ0v) is 13.9. The molecule has 0 spiro atoms. The van der Waals surface area contributed by atoms with Crippen molar-refractivity contribution < 1.29 is 14.3 Å². The topological polar surface area (TPSA) is 79.4 Å². The number of anilines is 1. The van der Waals surface area contributed by atoms with E-state index < -0.39 is 5.97 Å². The average molecular weight is 337 g/mol. The van der Waals surface area contributed by atoms with Crippen LogP contribution in [0.2, 0.25) is 0 Å². The fraction of sp³-hybridized carbons (Fsp3) is 0.158. The minimum atomic E-state index is -0.496. The van der Waals surface area contributed by atoms with E-state index in [1.54, 1.807) is 6.92 Å². The molecule has 0 unspecified atom stereocenters. The van der Waals surface area contributed by atoms with Crippen LogP contribution in [0.15, 0.2) is 60.7 Å². The second-order valence-electron chi connectivity index (χ2n) is 5.36. The lowest BCUT2D eigenvalue weighted by Crippen LogP contribution is -2.07. The third-order valence-corrected chi connectivity index (χ3v) is 3.53. The van der Waals surface area contributed by atoms with Crippen LogP contribution in [0.4, 0.5) is 5.82 Å². The number of rotatable bonds is 6. The molecule has 0 fully saturated rings. The first-order valence-electron chi connectivity index (χ1n) is 7.97. The monoisotopic (exact) mass is 337 g/mol. The van der Waals surface area contributed by atoms with E-state index in [1.807, 2.05) is 54.6 Å². The van der Waals surface area contributed by atoms with Crippen molar-refractivity contribution >= 4 is 11.8 Å². The Hall–Kier alpha value is -3.28. The number of ether oxygens (including phenoxy) is 2. The van der Waals surface area contributed by atoms with Crippen LogP contribution in [0.1, 0.15) is 23.0 Å². The van der Waals surface area contributed by atoms with Crippen LogP contribution in [0.3, 0.4) is 0 Å². The number of carbonyl (C=O) groups excluding carboxylic acids is 1. The van der Waals surface area contributed by atoms with Crippen molar-refractivity contribution in [2.75, 3.05) is 12.3 Å². The van der Waals surface area contributed by atoms with Crippen LogP contribution in [-0.2, 0) is 11.3 Å². The van der Waals surface area contributed by atoms with Gasteiger partial charge in [0.1, 0.15) is 18.2 Å². The summed E-state index contributed by atoms with van der Waals surface area (Å²) in [6.07, 6.45) is 0. The number of esters is 1. The Morgan fingerprint density at radius 2 is 1.92 bits per heavy atom. The quantitative estimate of drug-likeness (QED) is 0.699. The van der Waals surface area contributed by atoms with E-state index >= 15 is 0 Å². The minimum absolute atomic E-state index is 0.176. The highest BCUT2D eigenvalue weighted by atomic mass is 16.5. The molecule has 0 saturated heterocycles. The number of hydrogen-bond acceptors (Lipinski definition) is 5. The van der Waals surface area contributed by atoms with E-state index in [0.717, 1.165) is 5.56 Å². The van der Waals surface area contributed by atoms with Gasteiger partial charge in [-0.05, 0) is 24.6 Å². The highest BCUT2D eigenvalue weighted by Gasteiger charge is 2.15. The summed E-state index contributed by atoms with van der Waals surface area (Å²) < 4.78 is 12.2. The molecule has 3 aromatic rings. The van der Waals surface area contributed by atoms with E-state index in [4.69, 9.17) is 15.2 Å². The summed E-state index contributed by atoms with van der Waals surface area (Å²) in [5.74, 6) is 0.543. The normalized spacial score (nSPS) is 10.4. The number of benzene rings is 2. The van der Waals surface area contributed by atoms with Crippen molar-refractivity contribution in [2.45, 2.75) is 13.5 Å². The third-order valence-electron chi connectivity index (χ3n) is 3.53. The lowest BCUT2D eigenvalue weighted by molar-refractivity contribution is 0.0519. The highest BCUT2D eigenvalue weighted by Crippen LogP contribution is 2.21.